The van der Waals surface area contributed by atoms with Crippen LogP contribution in [0.5, 0.6) is 0 Å². The number of nitrogens with zero attached hydrogens (tertiary/aromatic N) is 2. The lowest BCUT2D eigenvalue weighted by Crippen LogP contribution is -2.47. The SMILES string of the molecule is CNCc1cccc(CNC(=O)c2ccc(N3CCN(c4ccccc4C)CC3)c(NC(=O)c3ccco3)c2)c1. The van der Waals surface area contributed by atoms with Crippen molar-refractivity contribution >= 4 is 28.9 Å². The Balaban J connectivity index is 1.33. The summed E-state index contributed by atoms with van der Waals surface area (Å²) in [4.78, 5) is 30.7. The highest BCUT2D eigenvalue weighted by Gasteiger charge is 2.23. The molecule has 1 saturated heterocycles. The lowest BCUT2D eigenvalue weighted by molar-refractivity contribution is 0.0949. The summed E-state index contributed by atoms with van der Waals surface area (Å²) in [6.45, 7) is 6.58. The molecule has 0 radical (unpaired) electrons. The predicted octanol–water partition coefficient (Wildman–Crippen LogP) is 4.82. The van der Waals surface area contributed by atoms with Gasteiger partial charge in [-0.2, -0.15) is 0 Å². The Morgan fingerprint density at radius 2 is 1.50 bits per heavy atom. The second kappa shape index (κ2) is 12.5. The van der Waals surface area contributed by atoms with Crippen molar-refractivity contribution in [1.82, 2.24) is 10.6 Å². The van der Waals surface area contributed by atoms with Gasteiger partial charge in [0.15, 0.2) is 5.76 Å². The molecule has 0 saturated carbocycles. The molecule has 1 aliphatic rings. The van der Waals surface area contributed by atoms with E-state index in [1.165, 1.54) is 17.5 Å². The summed E-state index contributed by atoms with van der Waals surface area (Å²) >= 11 is 0. The van der Waals surface area contributed by atoms with Gasteiger partial charge < -0.3 is 30.2 Å². The number of piperazine rings is 1. The quantitative estimate of drug-likeness (QED) is 0.284. The van der Waals surface area contributed by atoms with Crippen molar-refractivity contribution in [3.05, 3.63) is 113 Å². The molecule has 0 bridgehead atoms. The average Bonchev–Trinajstić information content (AvgIpc) is 3.52. The van der Waals surface area contributed by atoms with Crippen LogP contribution in [0.15, 0.2) is 89.5 Å². The fraction of sp³-hybridized carbons (Fsp3) is 0.250. The minimum absolute atomic E-state index is 0.205. The molecule has 40 heavy (non-hydrogen) atoms. The van der Waals surface area contributed by atoms with Gasteiger partial charge in [0.25, 0.3) is 11.8 Å². The Bertz CT molecular complexity index is 1460. The summed E-state index contributed by atoms with van der Waals surface area (Å²) < 4.78 is 5.30. The molecule has 3 aromatic carbocycles. The maximum absolute atomic E-state index is 13.1. The monoisotopic (exact) mass is 537 g/mol. The minimum atomic E-state index is -0.358. The first-order valence-electron chi connectivity index (χ1n) is 13.6. The van der Waals surface area contributed by atoms with Crippen molar-refractivity contribution in [2.75, 3.05) is 48.3 Å². The van der Waals surface area contributed by atoms with Gasteiger partial charge in [-0.05, 0) is 67.1 Å². The van der Waals surface area contributed by atoms with Gasteiger partial charge in [-0.25, -0.2) is 0 Å². The van der Waals surface area contributed by atoms with Crippen molar-refractivity contribution in [2.45, 2.75) is 20.0 Å². The largest absolute Gasteiger partial charge is 0.459 e. The van der Waals surface area contributed by atoms with E-state index in [4.69, 9.17) is 4.42 Å². The number of benzene rings is 3. The molecule has 0 aliphatic carbocycles. The number of furan rings is 1. The van der Waals surface area contributed by atoms with E-state index in [0.29, 0.717) is 17.8 Å². The van der Waals surface area contributed by atoms with E-state index in [2.05, 4.69) is 69.1 Å². The van der Waals surface area contributed by atoms with Crippen molar-refractivity contribution < 1.29 is 14.0 Å². The maximum Gasteiger partial charge on any atom is 0.291 e. The number of nitrogens with one attached hydrogen (secondary N) is 3. The van der Waals surface area contributed by atoms with E-state index in [0.717, 1.165) is 49.5 Å². The van der Waals surface area contributed by atoms with Crippen molar-refractivity contribution in [2.24, 2.45) is 0 Å². The third kappa shape index (κ3) is 6.35. The van der Waals surface area contributed by atoms with Crippen LogP contribution in [0.2, 0.25) is 0 Å². The van der Waals surface area contributed by atoms with Gasteiger partial charge in [0, 0.05) is 50.5 Å². The molecule has 5 rings (SSSR count). The van der Waals surface area contributed by atoms with Crippen molar-refractivity contribution in [3.63, 3.8) is 0 Å². The van der Waals surface area contributed by atoms with E-state index in [9.17, 15) is 9.59 Å². The van der Waals surface area contributed by atoms with Crippen LogP contribution in [-0.2, 0) is 13.1 Å². The summed E-state index contributed by atoms with van der Waals surface area (Å²) in [5, 5.41) is 9.13. The number of amides is 2. The highest BCUT2D eigenvalue weighted by atomic mass is 16.3. The number of rotatable bonds is 9. The summed E-state index contributed by atoms with van der Waals surface area (Å²) in [5.74, 6) is -0.348. The molecule has 206 valence electrons. The molecule has 4 aromatic rings. The van der Waals surface area contributed by atoms with Crippen LogP contribution in [0, 0.1) is 6.92 Å². The third-order valence-electron chi connectivity index (χ3n) is 7.15. The number of aryl methyl sites for hydroxylation is 1. The van der Waals surface area contributed by atoms with Crippen LogP contribution in [0.25, 0.3) is 0 Å². The molecule has 0 atom stereocenters. The van der Waals surface area contributed by atoms with Crippen molar-refractivity contribution in [3.8, 4) is 0 Å². The smallest absolute Gasteiger partial charge is 0.291 e. The Morgan fingerprint density at radius 3 is 2.20 bits per heavy atom. The number of para-hydroxylation sites is 1. The number of carbonyl (C=O) groups is 2. The normalized spacial score (nSPS) is 13.2. The molecular weight excluding hydrogens is 502 g/mol. The standard InChI is InChI=1S/C32H35N5O3/c1-23-7-3-4-10-28(23)36-14-16-37(17-15-36)29-13-12-26(20-27(29)35-32(39)30-11-6-18-40-30)31(38)34-22-25-9-5-8-24(19-25)21-33-2/h3-13,18-20,33H,14-17,21-22H2,1-2H3,(H,34,38)(H,35,39). The summed E-state index contributed by atoms with van der Waals surface area (Å²) in [5.41, 5.74) is 6.61. The van der Waals surface area contributed by atoms with E-state index in [-0.39, 0.29) is 17.6 Å². The van der Waals surface area contributed by atoms with Gasteiger partial charge in [0.05, 0.1) is 17.6 Å². The first kappa shape index (κ1) is 27.0. The fourth-order valence-corrected chi connectivity index (χ4v) is 5.09. The first-order valence-corrected chi connectivity index (χ1v) is 13.6. The number of carbonyl (C=O) groups excluding carboxylic acids is 2. The van der Waals surface area contributed by atoms with Crippen molar-refractivity contribution in [1.29, 1.82) is 0 Å². The molecule has 2 heterocycles. The van der Waals surface area contributed by atoms with Crippen LogP contribution in [-0.4, -0.2) is 45.0 Å². The first-order chi connectivity index (χ1) is 19.5. The Labute approximate surface area is 235 Å². The van der Waals surface area contributed by atoms with Gasteiger partial charge >= 0.3 is 0 Å². The second-order valence-corrected chi connectivity index (χ2v) is 9.96. The lowest BCUT2D eigenvalue weighted by atomic mass is 10.1. The third-order valence-corrected chi connectivity index (χ3v) is 7.15. The van der Waals surface area contributed by atoms with Crippen LogP contribution < -0.4 is 25.8 Å². The van der Waals surface area contributed by atoms with Gasteiger partial charge in [0.1, 0.15) is 0 Å². The Kier molecular flexibility index (Phi) is 8.47. The van der Waals surface area contributed by atoms with E-state index < -0.39 is 0 Å². The van der Waals surface area contributed by atoms with Gasteiger partial charge in [-0.3, -0.25) is 9.59 Å². The number of anilines is 3. The molecule has 1 fully saturated rings. The van der Waals surface area contributed by atoms with Gasteiger partial charge in [-0.15, -0.1) is 0 Å². The Hall–Kier alpha value is -4.56. The summed E-state index contributed by atoms with van der Waals surface area (Å²) in [6.07, 6.45) is 1.47. The number of hydrogen-bond donors (Lipinski definition) is 3. The summed E-state index contributed by atoms with van der Waals surface area (Å²) in [6, 6.07) is 25.3. The lowest BCUT2D eigenvalue weighted by Gasteiger charge is -2.38. The zero-order valence-corrected chi connectivity index (χ0v) is 22.9. The molecule has 1 aliphatic heterocycles. The molecule has 8 nitrogen and oxygen atoms in total. The fourth-order valence-electron chi connectivity index (χ4n) is 5.09. The van der Waals surface area contributed by atoms with Gasteiger partial charge in [-0.1, -0.05) is 42.5 Å². The molecule has 0 unspecified atom stereocenters. The molecule has 1 aromatic heterocycles. The highest BCUT2D eigenvalue weighted by Crippen LogP contribution is 2.30. The number of hydrogen-bond acceptors (Lipinski definition) is 6. The molecule has 3 N–H and O–H groups in total. The molecule has 2 amide bonds. The molecular formula is C32H35N5O3. The topological polar surface area (TPSA) is 89.9 Å². The van der Waals surface area contributed by atoms with Gasteiger partial charge in [0.2, 0.25) is 0 Å². The Morgan fingerprint density at radius 1 is 0.775 bits per heavy atom. The van der Waals surface area contributed by atoms with Crippen LogP contribution >= 0.6 is 0 Å². The van der Waals surface area contributed by atoms with E-state index >= 15 is 0 Å². The average molecular weight is 538 g/mol. The van der Waals surface area contributed by atoms with E-state index in [1.54, 1.807) is 18.2 Å². The van der Waals surface area contributed by atoms with Crippen LogP contribution in [0.3, 0.4) is 0 Å². The zero-order chi connectivity index (χ0) is 27.9. The van der Waals surface area contributed by atoms with Crippen LogP contribution in [0.4, 0.5) is 17.1 Å². The summed E-state index contributed by atoms with van der Waals surface area (Å²) in [7, 11) is 1.91. The predicted molar refractivity (Wildman–Crippen MR) is 159 cm³/mol. The second-order valence-electron chi connectivity index (χ2n) is 9.96. The van der Waals surface area contributed by atoms with E-state index in [1.807, 2.05) is 31.3 Å². The highest BCUT2D eigenvalue weighted by molar-refractivity contribution is 6.05. The zero-order valence-electron chi connectivity index (χ0n) is 22.9. The maximum atomic E-state index is 13.1. The molecule has 8 heteroatoms. The minimum Gasteiger partial charge on any atom is -0.459 e. The van der Waals surface area contributed by atoms with Crippen LogP contribution in [0.1, 0.15) is 37.6 Å². The molecule has 0 spiro atoms.